The molecule has 0 unspecified atom stereocenters. The molecule has 2 aromatic carbocycles. The number of nitrogens with zero attached hydrogens (tertiary/aromatic N) is 3. The normalized spacial score (nSPS) is 11.1. The van der Waals surface area contributed by atoms with Gasteiger partial charge in [0.15, 0.2) is 5.65 Å². The fraction of sp³-hybridized carbons (Fsp3) is 0.111. The lowest BCUT2D eigenvalue weighted by Gasteiger charge is -2.10. The molecule has 0 atom stereocenters. The summed E-state index contributed by atoms with van der Waals surface area (Å²) in [4.78, 5) is 28.1. The number of aromatic nitrogens is 3. The second-order valence-corrected chi connectivity index (χ2v) is 11.8. The van der Waals surface area contributed by atoms with Gasteiger partial charge in [-0.15, -0.1) is 11.3 Å². The predicted molar refractivity (Wildman–Crippen MR) is 153 cm³/mol. The third kappa shape index (κ3) is 5.93. The number of hydrogen-bond acceptors (Lipinski definition) is 8. The maximum absolute atomic E-state index is 13.1. The van der Waals surface area contributed by atoms with Gasteiger partial charge < -0.3 is 15.7 Å². The highest BCUT2D eigenvalue weighted by atomic mass is 79.9. The van der Waals surface area contributed by atoms with Crippen LogP contribution in [0.5, 0.6) is 5.75 Å². The van der Waals surface area contributed by atoms with Gasteiger partial charge in [0, 0.05) is 20.7 Å². The van der Waals surface area contributed by atoms with Crippen LogP contribution in [0.3, 0.4) is 0 Å². The van der Waals surface area contributed by atoms with Crippen molar-refractivity contribution in [1.82, 2.24) is 15.0 Å². The largest absolute Gasteiger partial charge is 0.508 e. The van der Waals surface area contributed by atoms with Crippen molar-refractivity contribution >= 4 is 73.2 Å². The number of rotatable bonds is 7. The molecule has 0 spiro atoms. The van der Waals surface area contributed by atoms with Gasteiger partial charge in [-0.25, -0.2) is 15.0 Å². The molecule has 0 saturated heterocycles. The number of carbonyl (C=O) groups is 1. The van der Waals surface area contributed by atoms with Crippen LogP contribution in [0.25, 0.3) is 11.0 Å². The van der Waals surface area contributed by atoms with E-state index < -0.39 is 0 Å². The van der Waals surface area contributed by atoms with E-state index >= 15 is 0 Å². The molecular formula is C27H22BrN5O2S2. The highest BCUT2D eigenvalue weighted by Gasteiger charge is 2.18. The minimum atomic E-state index is -0.209. The Morgan fingerprint density at radius 1 is 1.05 bits per heavy atom. The van der Waals surface area contributed by atoms with Crippen LogP contribution in [0, 0.1) is 0 Å². The maximum Gasteiger partial charge on any atom is 0.265 e. The van der Waals surface area contributed by atoms with Crippen LogP contribution in [0.2, 0.25) is 0 Å². The number of hydrogen-bond donors (Lipinski definition) is 3. The number of carbonyl (C=O) groups excluding carboxylic acids is 1. The van der Waals surface area contributed by atoms with Crippen molar-refractivity contribution in [2.75, 3.05) is 10.6 Å². The van der Waals surface area contributed by atoms with Gasteiger partial charge in [-0.2, -0.15) is 0 Å². The standard InChI is InChI=1S/C27H22BrN5O2S2/c1-15(2)21-11-10-20-24(32-21)29-14-30-25(20)33-22-13-23(26(35)31-17-5-3-4-16(28)12-17)37-27(22)36-19-8-6-18(34)7-9-19/h3-15,34H,1-2H3,(H,31,35)(H,29,30,32,33). The summed E-state index contributed by atoms with van der Waals surface area (Å²) in [5.41, 5.74) is 3.02. The Hall–Kier alpha value is -3.47. The topological polar surface area (TPSA) is 100 Å². The van der Waals surface area contributed by atoms with Crippen molar-refractivity contribution in [2.24, 2.45) is 0 Å². The van der Waals surface area contributed by atoms with Gasteiger partial charge in [0.25, 0.3) is 5.91 Å². The van der Waals surface area contributed by atoms with Crippen molar-refractivity contribution in [3.8, 4) is 5.75 Å². The Kier molecular flexibility index (Phi) is 7.40. The van der Waals surface area contributed by atoms with E-state index in [1.165, 1.54) is 29.4 Å². The Balaban J connectivity index is 1.50. The number of benzene rings is 2. The van der Waals surface area contributed by atoms with Crippen LogP contribution in [0.1, 0.15) is 35.1 Å². The fourth-order valence-electron chi connectivity index (χ4n) is 3.54. The fourth-order valence-corrected chi connectivity index (χ4v) is 6.11. The number of phenolic OH excluding ortho intramolecular Hbond substituents is 1. The zero-order valence-electron chi connectivity index (χ0n) is 19.9. The molecule has 1 amide bonds. The molecule has 0 bridgehead atoms. The van der Waals surface area contributed by atoms with Gasteiger partial charge in [-0.1, -0.05) is 47.6 Å². The number of nitrogens with one attached hydrogen (secondary N) is 2. The van der Waals surface area contributed by atoms with Crippen LogP contribution in [-0.2, 0) is 0 Å². The van der Waals surface area contributed by atoms with E-state index in [1.54, 1.807) is 12.1 Å². The van der Waals surface area contributed by atoms with Crippen molar-refractivity contribution in [1.29, 1.82) is 0 Å². The quantitative estimate of drug-likeness (QED) is 0.177. The van der Waals surface area contributed by atoms with Gasteiger partial charge in [0.05, 0.1) is 20.2 Å². The Labute approximate surface area is 230 Å². The SMILES string of the molecule is CC(C)c1ccc2c(Nc3cc(C(=O)Nc4cccc(Br)c4)sc3Sc3ccc(O)cc3)ncnc2n1. The van der Waals surface area contributed by atoms with Crippen LogP contribution >= 0.6 is 39.0 Å². The van der Waals surface area contributed by atoms with E-state index in [2.05, 4.69) is 55.4 Å². The molecule has 5 aromatic rings. The lowest BCUT2D eigenvalue weighted by atomic mass is 10.1. The zero-order valence-corrected chi connectivity index (χ0v) is 23.1. The summed E-state index contributed by atoms with van der Waals surface area (Å²) in [6.45, 7) is 4.18. The zero-order chi connectivity index (χ0) is 25.9. The van der Waals surface area contributed by atoms with Crippen molar-refractivity contribution in [3.05, 3.63) is 88.1 Å². The second-order valence-electron chi connectivity index (χ2n) is 8.48. The molecule has 3 N–H and O–H groups in total. The molecule has 186 valence electrons. The summed E-state index contributed by atoms with van der Waals surface area (Å²) in [5, 5.41) is 16.8. The molecule has 0 aliphatic carbocycles. The van der Waals surface area contributed by atoms with Gasteiger partial charge in [-0.3, -0.25) is 4.79 Å². The summed E-state index contributed by atoms with van der Waals surface area (Å²) in [7, 11) is 0. The third-order valence-electron chi connectivity index (χ3n) is 5.41. The first-order valence-corrected chi connectivity index (χ1v) is 13.8. The van der Waals surface area contributed by atoms with Gasteiger partial charge in [0.2, 0.25) is 0 Å². The number of aromatic hydroxyl groups is 1. The number of pyridine rings is 1. The Bertz CT molecular complexity index is 1590. The van der Waals surface area contributed by atoms with E-state index in [1.807, 2.05) is 54.6 Å². The monoisotopic (exact) mass is 591 g/mol. The van der Waals surface area contributed by atoms with Crippen LogP contribution in [-0.4, -0.2) is 26.0 Å². The van der Waals surface area contributed by atoms with E-state index in [0.717, 1.165) is 30.3 Å². The van der Waals surface area contributed by atoms with Crippen molar-refractivity contribution in [3.63, 3.8) is 0 Å². The summed E-state index contributed by atoms with van der Waals surface area (Å²) in [6, 6.07) is 20.2. The molecule has 7 nitrogen and oxygen atoms in total. The highest BCUT2D eigenvalue weighted by molar-refractivity contribution is 9.10. The van der Waals surface area contributed by atoms with Crippen molar-refractivity contribution < 1.29 is 9.90 Å². The molecule has 0 aliphatic heterocycles. The first kappa shape index (κ1) is 25.2. The predicted octanol–water partition coefficient (Wildman–Crippen LogP) is 7.82. The summed E-state index contributed by atoms with van der Waals surface area (Å²) in [6.07, 6.45) is 1.49. The highest BCUT2D eigenvalue weighted by Crippen LogP contribution is 2.42. The molecule has 37 heavy (non-hydrogen) atoms. The smallest absolute Gasteiger partial charge is 0.265 e. The number of anilines is 3. The lowest BCUT2D eigenvalue weighted by molar-refractivity contribution is 0.103. The number of phenols is 1. The van der Waals surface area contributed by atoms with Crippen molar-refractivity contribution in [2.45, 2.75) is 28.9 Å². The molecule has 0 radical (unpaired) electrons. The molecule has 5 rings (SSSR count). The molecule has 3 heterocycles. The molecule has 0 saturated carbocycles. The molecular weight excluding hydrogens is 570 g/mol. The molecule has 10 heteroatoms. The van der Waals surface area contributed by atoms with E-state index in [-0.39, 0.29) is 17.6 Å². The van der Waals surface area contributed by atoms with Gasteiger partial charge in [-0.05, 0) is 66.6 Å². The lowest BCUT2D eigenvalue weighted by Crippen LogP contribution is -2.09. The molecule has 0 fully saturated rings. The summed E-state index contributed by atoms with van der Waals surface area (Å²) >= 11 is 6.31. The van der Waals surface area contributed by atoms with E-state index in [0.29, 0.717) is 22.0 Å². The summed E-state index contributed by atoms with van der Waals surface area (Å²) in [5.74, 6) is 0.882. The minimum Gasteiger partial charge on any atom is -0.508 e. The summed E-state index contributed by atoms with van der Waals surface area (Å²) < 4.78 is 1.76. The second kappa shape index (κ2) is 10.9. The van der Waals surface area contributed by atoms with E-state index in [4.69, 9.17) is 0 Å². The molecule has 0 aliphatic rings. The minimum absolute atomic E-state index is 0.198. The first-order valence-electron chi connectivity index (χ1n) is 11.4. The van der Waals surface area contributed by atoms with Crippen LogP contribution in [0.4, 0.5) is 17.2 Å². The molecule has 3 aromatic heterocycles. The van der Waals surface area contributed by atoms with Crippen LogP contribution in [0.15, 0.2) is 86.6 Å². The number of amides is 1. The van der Waals surface area contributed by atoms with Gasteiger partial charge in [0.1, 0.15) is 17.9 Å². The Morgan fingerprint density at radius 3 is 2.62 bits per heavy atom. The number of halogens is 1. The number of thiophene rings is 1. The van der Waals surface area contributed by atoms with E-state index in [9.17, 15) is 9.90 Å². The third-order valence-corrected chi connectivity index (χ3v) is 8.25. The average molecular weight is 593 g/mol. The number of fused-ring (bicyclic) bond motifs is 1. The van der Waals surface area contributed by atoms with Crippen LogP contribution < -0.4 is 10.6 Å². The first-order chi connectivity index (χ1) is 17.9. The Morgan fingerprint density at radius 2 is 1.86 bits per heavy atom. The average Bonchev–Trinajstić information content (AvgIpc) is 3.27. The maximum atomic E-state index is 13.1. The van der Waals surface area contributed by atoms with Gasteiger partial charge >= 0.3 is 0 Å².